The van der Waals surface area contributed by atoms with E-state index < -0.39 is 10.0 Å². The van der Waals surface area contributed by atoms with Gasteiger partial charge in [0.1, 0.15) is 4.90 Å². The Kier molecular flexibility index (Phi) is 5.42. The van der Waals surface area contributed by atoms with Crippen molar-refractivity contribution in [2.24, 2.45) is 5.41 Å². The zero-order valence-corrected chi connectivity index (χ0v) is 18.4. The number of hydrogen-bond donors (Lipinski definition) is 1. The third kappa shape index (κ3) is 4.26. The zero-order valence-electron chi connectivity index (χ0n) is 17.6. The zero-order chi connectivity index (χ0) is 21.5. The van der Waals surface area contributed by atoms with Crippen molar-refractivity contribution in [3.8, 4) is 0 Å². The van der Waals surface area contributed by atoms with Crippen molar-refractivity contribution < 1.29 is 13.2 Å². The topological polar surface area (TPSA) is 82.6 Å². The fourth-order valence-corrected chi connectivity index (χ4v) is 5.73. The summed E-state index contributed by atoms with van der Waals surface area (Å²) in [5.74, 6) is -0.0523. The summed E-state index contributed by atoms with van der Waals surface area (Å²) in [4.78, 5) is 21.9. The first-order valence-electron chi connectivity index (χ1n) is 10.2. The maximum atomic E-state index is 13.4. The van der Waals surface area contributed by atoms with Gasteiger partial charge in [0.05, 0.1) is 23.5 Å². The molecule has 1 amide bonds. The predicted octanol–water partition coefficient (Wildman–Crippen LogP) is 2.40. The van der Waals surface area contributed by atoms with Gasteiger partial charge in [-0.3, -0.25) is 14.7 Å². The first-order valence-corrected chi connectivity index (χ1v) is 11.7. The van der Waals surface area contributed by atoms with Crippen molar-refractivity contribution in [2.45, 2.75) is 50.7 Å². The third-order valence-electron chi connectivity index (χ3n) is 5.48. The molecule has 7 nitrogen and oxygen atoms in total. The second-order valence-electron chi connectivity index (χ2n) is 9.28. The summed E-state index contributed by atoms with van der Waals surface area (Å²) in [6.45, 7) is 7.76. The molecule has 2 aromatic rings. The molecule has 1 saturated heterocycles. The number of benzene rings is 1. The summed E-state index contributed by atoms with van der Waals surface area (Å²) in [6.07, 6.45) is 2.09. The number of hydrogen-bond acceptors (Lipinski definition) is 5. The minimum absolute atomic E-state index is 0.0523. The van der Waals surface area contributed by atoms with E-state index in [4.69, 9.17) is 0 Å². The van der Waals surface area contributed by atoms with Gasteiger partial charge in [-0.15, -0.1) is 0 Å². The molecule has 0 bridgehead atoms. The number of carbonyl (C=O) groups excluding carboxylic acids is 1. The third-order valence-corrected chi connectivity index (χ3v) is 7.02. The Labute approximate surface area is 178 Å². The van der Waals surface area contributed by atoms with Gasteiger partial charge >= 0.3 is 0 Å². The van der Waals surface area contributed by atoms with Crippen molar-refractivity contribution in [3.05, 3.63) is 54.4 Å². The van der Waals surface area contributed by atoms with Gasteiger partial charge in [-0.05, 0) is 29.7 Å². The van der Waals surface area contributed by atoms with E-state index in [0.29, 0.717) is 31.7 Å². The smallest absolute Gasteiger partial charge is 0.243 e. The van der Waals surface area contributed by atoms with E-state index in [2.05, 4.69) is 14.6 Å². The molecule has 30 heavy (non-hydrogen) atoms. The molecule has 0 radical (unpaired) electrons. The van der Waals surface area contributed by atoms with Crippen LogP contribution >= 0.6 is 0 Å². The SMILES string of the molecule is CC(C)(C)CC(=O)N1c2ccccc2S(=O)(=O)N[C@H]2CN(Cc3ccccn3)C[C@H]21. The lowest BCUT2D eigenvalue weighted by Crippen LogP contribution is -2.51. The minimum Gasteiger partial charge on any atom is -0.305 e. The lowest BCUT2D eigenvalue weighted by Gasteiger charge is -2.33. The van der Waals surface area contributed by atoms with E-state index in [-0.39, 0.29) is 28.3 Å². The molecule has 3 heterocycles. The number of nitrogens with zero attached hydrogens (tertiary/aromatic N) is 3. The number of rotatable bonds is 3. The number of aromatic nitrogens is 1. The number of fused-ring (bicyclic) bond motifs is 2. The monoisotopic (exact) mass is 428 g/mol. The van der Waals surface area contributed by atoms with Crippen LogP contribution in [0.2, 0.25) is 0 Å². The number of anilines is 1. The van der Waals surface area contributed by atoms with Crippen molar-refractivity contribution in [3.63, 3.8) is 0 Å². The van der Waals surface area contributed by atoms with Gasteiger partial charge in [0.25, 0.3) is 0 Å². The second kappa shape index (κ2) is 7.76. The van der Waals surface area contributed by atoms with Crippen molar-refractivity contribution >= 4 is 21.6 Å². The van der Waals surface area contributed by atoms with Gasteiger partial charge in [0, 0.05) is 32.3 Å². The van der Waals surface area contributed by atoms with E-state index in [1.54, 1.807) is 35.4 Å². The predicted molar refractivity (Wildman–Crippen MR) is 115 cm³/mol. The number of para-hydroxylation sites is 1. The van der Waals surface area contributed by atoms with Gasteiger partial charge in [0.15, 0.2) is 0 Å². The molecule has 1 aromatic heterocycles. The van der Waals surface area contributed by atoms with Crippen LogP contribution in [-0.2, 0) is 21.4 Å². The maximum Gasteiger partial charge on any atom is 0.243 e. The molecule has 2 aliphatic heterocycles. The van der Waals surface area contributed by atoms with E-state index in [1.807, 2.05) is 39.0 Å². The number of pyridine rings is 1. The largest absolute Gasteiger partial charge is 0.305 e. The second-order valence-corrected chi connectivity index (χ2v) is 11.0. The molecule has 1 aromatic carbocycles. The molecule has 160 valence electrons. The summed E-state index contributed by atoms with van der Waals surface area (Å²) in [7, 11) is -3.73. The molecule has 1 N–H and O–H groups in total. The molecule has 4 rings (SSSR count). The fourth-order valence-electron chi connectivity index (χ4n) is 4.28. The normalized spacial score (nSPS) is 23.5. The van der Waals surface area contributed by atoms with Crippen LogP contribution in [0.5, 0.6) is 0 Å². The number of likely N-dealkylation sites (tertiary alicyclic amines) is 1. The number of amides is 1. The van der Waals surface area contributed by atoms with Crippen LogP contribution in [0, 0.1) is 5.41 Å². The number of nitrogens with one attached hydrogen (secondary N) is 1. The Morgan fingerprint density at radius 3 is 2.57 bits per heavy atom. The molecule has 0 spiro atoms. The van der Waals surface area contributed by atoms with E-state index >= 15 is 0 Å². The van der Waals surface area contributed by atoms with Crippen LogP contribution in [0.4, 0.5) is 5.69 Å². The van der Waals surface area contributed by atoms with Gasteiger partial charge in [-0.1, -0.05) is 39.0 Å². The highest BCUT2D eigenvalue weighted by Crippen LogP contribution is 2.35. The molecular weight excluding hydrogens is 400 g/mol. The summed E-state index contributed by atoms with van der Waals surface area (Å²) in [6, 6.07) is 11.9. The molecule has 0 unspecified atom stereocenters. The average molecular weight is 429 g/mol. The van der Waals surface area contributed by atoms with Gasteiger partial charge < -0.3 is 4.90 Å². The van der Waals surface area contributed by atoms with Crippen molar-refractivity contribution in [1.82, 2.24) is 14.6 Å². The minimum atomic E-state index is -3.73. The Morgan fingerprint density at radius 1 is 1.13 bits per heavy atom. The van der Waals surface area contributed by atoms with Crippen LogP contribution in [0.1, 0.15) is 32.9 Å². The van der Waals surface area contributed by atoms with Gasteiger partial charge in [-0.2, -0.15) is 0 Å². The molecule has 1 fully saturated rings. The molecule has 2 aliphatic rings. The van der Waals surface area contributed by atoms with Crippen LogP contribution in [0.15, 0.2) is 53.6 Å². The first-order chi connectivity index (χ1) is 14.1. The summed E-state index contributed by atoms with van der Waals surface area (Å²) in [5, 5.41) is 0. The molecule has 8 heteroatoms. The van der Waals surface area contributed by atoms with Crippen LogP contribution in [-0.4, -0.2) is 49.4 Å². The van der Waals surface area contributed by atoms with E-state index in [9.17, 15) is 13.2 Å². The lowest BCUT2D eigenvalue weighted by molar-refractivity contribution is -0.120. The quantitative estimate of drug-likeness (QED) is 0.812. The van der Waals surface area contributed by atoms with Gasteiger partial charge in [-0.25, -0.2) is 13.1 Å². The lowest BCUT2D eigenvalue weighted by atomic mass is 9.91. The summed E-state index contributed by atoms with van der Waals surface area (Å²) in [5.41, 5.74) is 1.18. The highest BCUT2D eigenvalue weighted by Gasteiger charge is 2.45. The van der Waals surface area contributed by atoms with E-state index in [1.165, 1.54) is 0 Å². The Bertz CT molecular complexity index is 1030. The van der Waals surface area contributed by atoms with Crippen LogP contribution < -0.4 is 9.62 Å². The molecule has 0 aliphatic carbocycles. The molecule has 2 atom stereocenters. The summed E-state index contributed by atoms with van der Waals surface area (Å²) < 4.78 is 29.0. The summed E-state index contributed by atoms with van der Waals surface area (Å²) >= 11 is 0. The van der Waals surface area contributed by atoms with Crippen molar-refractivity contribution in [2.75, 3.05) is 18.0 Å². The first kappa shape index (κ1) is 21.0. The molecule has 0 saturated carbocycles. The van der Waals surface area contributed by atoms with Crippen LogP contribution in [0.25, 0.3) is 0 Å². The highest BCUT2D eigenvalue weighted by molar-refractivity contribution is 7.89. The average Bonchev–Trinajstić information content (AvgIpc) is 2.98. The Hall–Kier alpha value is -2.29. The Balaban J connectivity index is 1.71. The number of sulfonamides is 1. The number of carbonyl (C=O) groups is 1. The highest BCUT2D eigenvalue weighted by atomic mass is 32.2. The van der Waals surface area contributed by atoms with Crippen molar-refractivity contribution in [1.29, 1.82) is 0 Å². The standard InChI is InChI=1S/C22H28N4O3S/c1-22(2,3)12-21(27)26-18-9-4-5-10-20(18)30(28,29)24-17-14-25(15-19(17)26)13-16-8-6-7-11-23-16/h4-11,17,19,24H,12-15H2,1-3H3/t17-,19+/m0/s1. The van der Waals surface area contributed by atoms with Crippen LogP contribution in [0.3, 0.4) is 0 Å². The van der Waals surface area contributed by atoms with Gasteiger partial charge in [0.2, 0.25) is 15.9 Å². The van der Waals surface area contributed by atoms with E-state index in [0.717, 1.165) is 5.69 Å². The Morgan fingerprint density at radius 2 is 1.87 bits per heavy atom. The fraction of sp³-hybridized carbons (Fsp3) is 0.455. The molecular formula is C22H28N4O3S. The maximum absolute atomic E-state index is 13.4.